The van der Waals surface area contributed by atoms with Crippen LogP contribution in [0.1, 0.15) is 48.2 Å². The fourth-order valence-electron chi connectivity index (χ4n) is 5.75. The predicted octanol–water partition coefficient (Wildman–Crippen LogP) is 1.39. The third kappa shape index (κ3) is 3.75. The zero-order valence-electron chi connectivity index (χ0n) is 20.9. The quantitative estimate of drug-likeness (QED) is 0.316. The monoisotopic (exact) mass is 499 g/mol. The van der Waals surface area contributed by atoms with Crippen molar-refractivity contribution in [2.45, 2.75) is 45.3 Å². The van der Waals surface area contributed by atoms with Crippen LogP contribution in [0.15, 0.2) is 28.7 Å². The van der Waals surface area contributed by atoms with Gasteiger partial charge in [0.1, 0.15) is 22.8 Å². The predicted molar refractivity (Wildman–Crippen MR) is 132 cm³/mol. The van der Waals surface area contributed by atoms with E-state index in [1.54, 1.807) is 0 Å². The number of carbonyl (C=O) groups excluding carboxylic acids is 3. The van der Waals surface area contributed by atoms with Crippen LogP contribution in [-0.2, 0) is 22.6 Å². The maximum Gasteiger partial charge on any atom is 0.255 e. The molecule has 0 saturated carbocycles. The minimum absolute atomic E-state index is 0.0270. The van der Waals surface area contributed by atoms with Crippen LogP contribution in [-0.4, -0.2) is 64.1 Å². The molecule has 7 N–H and O–H groups in total. The molecule has 36 heavy (non-hydrogen) atoms. The number of nitrogens with two attached hydrogens (primary N) is 1. The Morgan fingerprint density at radius 3 is 2.47 bits per heavy atom. The molecule has 0 unspecified atom stereocenters. The Labute approximate surface area is 209 Å². The molecule has 0 heterocycles. The number of nitrogens with zero attached hydrogens (tertiary/aromatic N) is 1. The van der Waals surface area contributed by atoms with E-state index < -0.39 is 52.0 Å². The van der Waals surface area contributed by atoms with Gasteiger partial charge in [0.15, 0.2) is 11.4 Å². The van der Waals surface area contributed by atoms with Gasteiger partial charge in [-0.05, 0) is 42.9 Å². The number of aliphatic hydroxyl groups excluding tert-OH is 2. The van der Waals surface area contributed by atoms with Gasteiger partial charge in [-0.15, -0.1) is 0 Å². The summed E-state index contributed by atoms with van der Waals surface area (Å²) < 4.78 is 0. The normalized spacial score (nSPS) is 25.6. The molecule has 1 aromatic rings. The average Bonchev–Trinajstić information content (AvgIpc) is 2.77. The van der Waals surface area contributed by atoms with E-state index >= 15 is 0 Å². The number of anilines is 1. The summed E-state index contributed by atoms with van der Waals surface area (Å²) in [6.45, 7) is 5.12. The number of carbonyl (C=O) groups is 3. The number of fused-ring (bicyclic) bond motifs is 3. The van der Waals surface area contributed by atoms with Crippen molar-refractivity contribution >= 4 is 23.2 Å². The first-order valence-corrected chi connectivity index (χ1v) is 12.0. The van der Waals surface area contributed by atoms with E-state index in [0.717, 1.165) is 5.69 Å². The summed E-state index contributed by atoms with van der Waals surface area (Å²) in [4.78, 5) is 40.5. The van der Waals surface area contributed by atoms with Crippen molar-refractivity contribution in [2.75, 3.05) is 25.5 Å². The third-order valence-corrected chi connectivity index (χ3v) is 7.47. The maximum absolute atomic E-state index is 13.8. The van der Waals surface area contributed by atoms with E-state index in [1.807, 2.05) is 25.1 Å². The number of aromatic hydroxyl groups is 1. The summed E-state index contributed by atoms with van der Waals surface area (Å²) >= 11 is 0. The summed E-state index contributed by atoms with van der Waals surface area (Å²) in [6, 6.07) is 1.83. The van der Waals surface area contributed by atoms with Crippen LogP contribution < -0.4 is 16.0 Å². The number of benzene rings is 1. The SMILES string of the molecule is CC(C)CNCc1cc(N(C)C)c2c(c1O)C(=O)C1=C(O)[C@]3(O)C(=O)C(C(N)=O)=C(O)C[C@@H]3C[C@@H]1C2. The standard InChI is InChI=1S/C26H33N3O7/c1-11(2)9-28-10-13-7-16(29(3)4)15-6-12-5-14-8-17(30)20(25(27)35)24(34)26(14,36)23(33)18(12)22(32)19(15)21(13)31/h7,11-12,14,28,30-31,33,36H,5-6,8-10H2,1-4H3,(H2,27,35)/t12-,14+,26+/m1/s1. The number of phenols is 1. The number of nitrogens with one attached hydrogen (secondary N) is 1. The number of allylic oxidation sites excluding steroid dienone is 2. The number of hydrogen-bond donors (Lipinski definition) is 6. The van der Waals surface area contributed by atoms with Gasteiger partial charge in [-0.3, -0.25) is 14.4 Å². The number of rotatable bonds is 6. The van der Waals surface area contributed by atoms with Gasteiger partial charge in [0, 0.05) is 49.8 Å². The first-order chi connectivity index (χ1) is 16.8. The molecule has 3 aliphatic carbocycles. The molecule has 4 rings (SSSR count). The van der Waals surface area contributed by atoms with Gasteiger partial charge in [0.05, 0.1) is 5.56 Å². The lowest BCUT2D eigenvalue weighted by Crippen LogP contribution is -2.57. The van der Waals surface area contributed by atoms with Crippen molar-refractivity contribution in [3.8, 4) is 5.75 Å². The fourth-order valence-corrected chi connectivity index (χ4v) is 5.75. The largest absolute Gasteiger partial charge is 0.511 e. The van der Waals surface area contributed by atoms with Gasteiger partial charge in [0.2, 0.25) is 5.78 Å². The lowest BCUT2D eigenvalue weighted by Gasteiger charge is -2.46. The van der Waals surface area contributed by atoms with Crippen molar-refractivity contribution < 1.29 is 34.8 Å². The Kier molecular flexibility index (Phi) is 6.38. The summed E-state index contributed by atoms with van der Waals surface area (Å²) in [5, 5.41) is 47.2. The number of aliphatic hydroxyl groups is 3. The number of Topliss-reactive ketones (excluding diaryl/α,β-unsaturated/α-hetero) is 2. The summed E-state index contributed by atoms with van der Waals surface area (Å²) in [5.41, 5.74) is 3.63. The van der Waals surface area contributed by atoms with Crippen molar-refractivity contribution in [3.05, 3.63) is 45.4 Å². The number of ketones is 2. The van der Waals surface area contributed by atoms with Crippen molar-refractivity contribution in [1.29, 1.82) is 0 Å². The molecule has 3 aliphatic rings. The molecule has 10 heteroatoms. The number of amides is 1. The smallest absolute Gasteiger partial charge is 0.255 e. The molecule has 194 valence electrons. The lowest BCUT2D eigenvalue weighted by molar-refractivity contribution is -0.144. The van der Waals surface area contributed by atoms with Gasteiger partial charge in [-0.1, -0.05) is 13.8 Å². The molecular weight excluding hydrogens is 466 g/mol. The molecule has 0 aromatic heterocycles. The molecule has 0 saturated heterocycles. The first kappa shape index (κ1) is 25.7. The van der Waals surface area contributed by atoms with Crippen LogP contribution in [0.25, 0.3) is 0 Å². The highest BCUT2D eigenvalue weighted by molar-refractivity contribution is 6.24. The zero-order chi connectivity index (χ0) is 26.7. The van der Waals surface area contributed by atoms with Crippen molar-refractivity contribution in [1.82, 2.24) is 5.32 Å². The lowest BCUT2D eigenvalue weighted by atomic mass is 9.60. The molecule has 3 atom stereocenters. The summed E-state index contributed by atoms with van der Waals surface area (Å²) in [5.74, 6) is -5.85. The Morgan fingerprint density at radius 2 is 1.89 bits per heavy atom. The Morgan fingerprint density at radius 1 is 1.22 bits per heavy atom. The van der Waals surface area contributed by atoms with Crippen LogP contribution in [0.3, 0.4) is 0 Å². The Hall–Kier alpha value is -3.37. The van der Waals surface area contributed by atoms with Gasteiger partial charge in [-0.25, -0.2) is 0 Å². The molecule has 0 fully saturated rings. The van der Waals surface area contributed by atoms with Crippen LogP contribution in [0.5, 0.6) is 5.75 Å². The van der Waals surface area contributed by atoms with Crippen LogP contribution >= 0.6 is 0 Å². The second kappa shape index (κ2) is 8.94. The number of phenolic OH excluding ortho intramolecular Hbond substituents is 1. The molecule has 0 aliphatic heterocycles. The highest BCUT2D eigenvalue weighted by Gasteiger charge is 2.59. The molecular formula is C26H33N3O7. The second-order valence-electron chi connectivity index (χ2n) is 10.6. The summed E-state index contributed by atoms with van der Waals surface area (Å²) in [7, 11) is 3.66. The van der Waals surface area contributed by atoms with Crippen LogP contribution in [0, 0.1) is 17.8 Å². The molecule has 10 nitrogen and oxygen atoms in total. The highest BCUT2D eigenvalue weighted by Crippen LogP contribution is 2.52. The van der Waals surface area contributed by atoms with Gasteiger partial charge >= 0.3 is 0 Å². The zero-order valence-corrected chi connectivity index (χ0v) is 20.9. The van der Waals surface area contributed by atoms with Gasteiger partial charge in [0.25, 0.3) is 5.91 Å². The molecule has 0 radical (unpaired) electrons. The number of primary amides is 1. The van der Waals surface area contributed by atoms with Crippen molar-refractivity contribution in [3.63, 3.8) is 0 Å². The minimum atomic E-state index is -2.56. The Bertz CT molecular complexity index is 1230. The van der Waals surface area contributed by atoms with E-state index in [9.17, 15) is 34.8 Å². The van der Waals surface area contributed by atoms with Gasteiger partial charge in [-0.2, -0.15) is 0 Å². The van der Waals surface area contributed by atoms with E-state index in [1.165, 1.54) is 0 Å². The molecule has 1 amide bonds. The maximum atomic E-state index is 13.8. The molecule has 0 spiro atoms. The average molecular weight is 500 g/mol. The summed E-state index contributed by atoms with van der Waals surface area (Å²) in [6.07, 6.45) is 0.130. The van der Waals surface area contributed by atoms with E-state index in [0.29, 0.717) is 30.1 Å². The van der Waals surface area contributed by atoms with E-state index in [4.69, 9.17) is 5.73 Å². The minimum Gasteiger partial charge on any atom is -0.511 e. The third-order valence-electron chi connectivity index (χ3n) is 7.47. The fraction of sp³-hybridized carbons (Fsp3) is 0.500. The van der Waals surface area contributed by atoms with Gasteiger partial charge < -0.3 is 36.4 Å². The molecule has 1 aromatic carbocycles. The Balaban J connectivity index is 1.86. The molecule has 0 bridgehead atoms. The topological polar surface area (TPSA) is 173 Å². The second-order valence-corrected chi connectivity index (χ2v) is 10.6. The van der Waals surface area contributed by atoms with E-state index in [-0.39, 0.29) is 36.1 Å². The van der Waals surface area contributed by atoms with Crippen molar-refractivity contribution in [2.24, 2.45) is 23.5 Å². The van der Waals surface area contributed by atoms with Crippen LogP contribution in [0.2, 0.25) is 0 Å². The number of hydrogen-bond acceptors (Lipinski definition) is 9. The highest BCUT2D eigenvalue weighted by atomic mass is 16.3. The first-order valence-electron chi connectivity index (χ1n) is 12.0. The van der Waals surface area contributed by atoms with Crippen LogP contribution in [0.4, 0.5) is 5.69 Å². The van der Waals surface area contributed by atoms with E-state index in [2.05, 4.69) is 19.2 Å².